The molecule has 1 aromatic rings. The molecular weight excluding hydrogens is 340 g/mol. The molecule has 138 valence electrons. The zero-order chi connectivity index (χ0) is 17.9. The topological polar surface area (TPSA) is 73.0 Å². The first-order valence-corrected chi connectivity index (χ1v) is 10.2. The quantitative estimate of drug-likeness (QED) is 0.811. The summed E-state index contributed by atoms with van der Waals surface area (Å²) in [6.45, 7) is 3.52. The standard InChI is InChI=1S/C17H26N4O3S/c1-19(14-15-6-3-2-4-7-15)25(23,24)21-11-5-8-16(21)17(22)20-12-9-18-10-13-20/h2-4,6-7,16,18H,5,8-14H2,1H3. The predicted molar refractivity (Wildman–Crippen MR) is 96.0 cm³/mol. The molecule has 0 spiro atoms. The highest BCUT2D eigenvalue weighted by molar-refractivity contribution is 7.86. The minimum absolute atomic E-state index is 0.0595. The lowest BCUT2D eigenvalue weighted by Gasteiger charge is -2.33. The number of carbonyl (C=O) groups is 1. The molecule has 0 radical (unpaired) electrons. The summed E-state index contributed by atoms with van der Waals surface area (Å²) in [5, 5.41) is 3.21. The van der Waals surface area contributed by atoms with Crippen LogP contribution in [-0.2, 0) is 21.5 Å². The molecule has 1 N–H and O–H groups in total. The maximum Gasteiger partial charge on any atom is 0.282 e. The third-order valence-electron chi connectivity index (χ3n) is 4.86. The molecule has 2 aliphatic heterocycles. The van der Waals surface area contributed by atoms with E-state index in [4.69, 9.17) is 0 Å². The molecule has 2 fully saturated rings. The normalized spacial score (nSPS) is 22.5. The van der Waals surface area contributed by atoms with Gasteiger partial charge in [-0.25, -0.2) is 0 Å². The number of hydrogen-bond acceptors (Lipinski definition) is 4. The van der Waals surface area contributed by atoms with E-state index >= 15 is 0 Å². The highest BCUT2D eigenvalue weighted by atomic mass is 32.2. The van der Waals surface area contributed by atoms with Crippen LogP contribution in [0.5, 0.6) is 0 Å². The van der Waals surface area contributed by atoms with Crippen LogP contribution in [0, 0.1) is 0 Å². The minimum atomic E-state index is -3.67. The molecule has 8 heteroatoms. The monoisotopic (exact) mass is 366 g/mol. The van der Waals surface area contributed by atoms with Gasteiger partial charge >= 0.3 is 0 Å². The molecule has 1 aromatic carbocycles. The smallest absolute Gasteiger partial charge is 0.282 e. The largest absolute Gasteiger partial charge is 0.339 e. The average Bonchev–Trinajstić information content (AvgIpc) is 3.13. The van der Waals surface area contributed by atoms with Gasteiger partial charge in [0, 0.05) is 46.3 Å². The zero-order valence-corrected chi connectivity index (χ0v) is 15.4. The van der Waals surface area contributed by atoms with E-state index < -0.39 is 16.3 Å². The number of nitrogens with zero attached hydrogens (tertiary/aromatic N) is 3. The van der Waals surface area contributed by atoms with Gasteiger partial charge in [0.2, 0.25) is 5.91 Å². The first-order chi connectivity index (χ1) is 12.0. The van der Waals surface area contributed by atoms with Gasteiger partial charge in [-0.15, -0.1) is 0 Å². The van der Waals surface area contributed by atoms with Gasteiger partial charge in [0.25, 0.3) is 10.2 Å². The number of nitrogens with one attached hydrogen (secondary N) is 1. The second-order valence-corrected chi connectivity index (χ2v) is 8.58. The Morgan fingerprint density at radius 2 is 1.88 bits per heavy atom. The van der Waals surface area contributed by atoms with Gasteiger partial charge in [0.15, 0.2) is 0 Å². The van der Waals surface area contributed by atoms with Gasteiger partial charge in [0.1, 0.15) is 6.04 Å². The van der Waals surface area contributed by atoms with E-state index in [9.17, 15) is 13.2 Å². The molecule has 3 rings (SSSR count). The maximum absolute atomic E-state index is 13.0. The molecule has 7 nitrogen and oxygen atoms in total. The van der Waals surface area contributed by atoms with Crippen molar-refractivity contribution in [3.63, 3.8) is 0 Å². The van der Waals surface area contributed by atoms with Crippen molar-refractivity contribution in [1.29, 1.82) is 0 Å². The Morgan fingerprint density at radius 1 is 1.20 bits per heavy atom. The fourth-order valence-corrected chi connectivity index (χ4v) is 5.01. The maximum atomic E-state index is 13.0. The molecule has 0 aliphatic carbocycles. The van der Waals surface area contributed by atoms with Crippen LogP contribution >= 0.6 is 0 Å². The lowest BCUT2D eigenvalue weighted by molar-refractivity contribution is -0.135. The number of piperazine rings is 1. The third kappa shape index (κ3) is 4.03. The van der Waals surface area contributed by atoms with Crippen LogP contribution < -0.4 is 5.32 Å². The molecule has 2 heterocycles. The van der Waals surface area contributed by atoms with Gasteiger partial charge < -0.3 is 10.2 Å². The molecule has 2 saturated heterocycles. The second-order valence-electron chi connectivity index (χ2n) is 6.59. The van der Waals surface area contributed by atoms with Crippen molar-refractivity contribution in [3.05, 3.63) is 35.9 Å². The molecule has 1 amide bonds. The van der Waals surface area contributed by atoms with Crippen molar-refractivity contribution < 1.29 is 13.2 Å². The molecule has 1 atom stereocenters. The summed E-state index contributed by atoms with van der Waals surface area (Å²) in [7, 11) is -2.09. The highest BCUT2D eigenvalue weighted by Crippen LogP contribution is 2.25. The molecule has 1 unspecified atom stereocenters. The van der Waals surface area contributed by atoms with Crippen LogP contribution in [0.15, 0.2) is 30.3 Å². The highest BCUT2D eigenvalue weighted by Gasteiger charge is 2.42. The molecule has 0 aromatic heterocycles. The van der Waals surface area contributed by atoms with Gasteiger partial charge in [-0.2, -0.15) is 17.0 Å². The Morgan fingerprint density at radius 3 is 2.56 bits per heavy atom. The van der Waals surface area contributed by atoms with E-state index in [0.29, 0.717) is 32.6 Å². The summed E-state index contributed by atoms with van der Waals surface area (Å²) in [5.74, 6) is -0.0595. The number of carbonyl (C=O) groups excluding carboxylic acids is 1. The predicted octanol–water partition coefficient (Wildman–Crippen LogP) is 0.259. The fraction of sp³-hybridized carbons (Fsp3) is 0.588. The average molecular weight is 366 g/mol. The minimum Gasteiger partial charge on any atom is -0.339 e. The Labute approximate surface area is 149 Å². The van der Waals surface area contributed by atoms with E-state index in [1.165, 1.54) is 8.61 Å². The van der Waals surface area contributed by atoms with Crippen molar-refractivity contribution in [2.45, 2.75) is 25.4 Å². The van der Waals surface area contributed by atoms with E-state index in [1.54, 1.807) is 11.9 Å². The lowest BCUT2D eigenvalue weighted by Crippen LogP contribution is -2.54. The number of benzene rings is 1. The van der Waals surface area contributed by atoms with Gasteiger partial charge in [0.05, 0.1) is 0 Å². The summed E-state index contributed by atoms with van der Waals surface area (Å²) in [6, 6.07) is 8.92. The van der Waals surface area contributed by atoms with Gasteiger partial charge in [-0.05, 0) is 18.4 Å². The fourth-order valence-electron chi connectivity index (χ4n) is 3.46. The summed E-state index contributed by atoms with van der Waals surface area (Å²) in [6.07, 6.45) is 1.32. The molecule has 0 bridgehead atoms. The Kier molecular flexibility index (Phi) is 5.73. The van der Waals surface area contributed by atoms with E-state index in [-0.39, 0.29) is 5.91 Å². The van der Waals surface area contributed by atoms with Crippen LogP contribution in [0.1, 0.15) is 18.4 Å². The molecule has 0 saturated carbocycles. The molecule has 2 aliphatic rings. The van der Waals surface area contributed by atoms with Crippen LogP contribution in [-0.4, -0.2) is 73.6 Å². The zero-order valence-electron chi connectivity index (χ0n) is 14.6. The van der Waals surface area contributed by atoms with Gasteiger partial charge in [-0.3, -0.25) is 4.79 Å². The number of rotatable bonds is 5. The van der Waals surface area contributed by atoms with Crippen LogP contribution in [0.25, 0.3) is 0 Å². The number of hydrogen-bond donors (Lipinski definition) is 1. The SMILES string of the molecule is CN(Cc1ccccc1)S(=O)(=O)N1CCCC1C(=O)N1CCNCC1. The number of amides is 1. The van der Waals surface area contributed by atoms with Crippen LogP contribution in [0.4, 0.5) is 0 Å². The van der Waals surface area contributed by atoms with E-state index in [0.717, 1.165) is 25.1 Å². The molecular formula is C17H26N4O3S. The molecule has 25 heavy (non-hydrogen) atoms. The third-order valence-corrected chi connectivity index (χ3v) is 6.80. The second kappa shape index (κ2) is 7.82. The van der Waals surface area contributed by atoms with E-state index in [2.05, 4.69) is 5.32 Å². The van der Waals surface area contributed by atoms with Crippen LogP contribution in [0.2, 0.25) is 0 Å². The van der Waals surface area contributed by atoms with E-state index in [1.807, 2.05) is 30.3 Å². The lowest BCUT2D eigenvalue weighted by atomic mass is 10.2. The summed E-state index contributed by atoms with van der Waals surface area (Å²) >= 11 is 0. The summed E-state index contributed by atoms with van der Waals surface area (Å²) in [4.78, 5) is 14.6. The van der Waals surface area contributed by atoms with Crippen LogP contribution in [0.3, 0.4) is 0 Å². The van der Waals surface area contributed by atoms with Gasteiger partial charge in [-0.1, -0.05) is 30.3 Å². The van der Waals surface area contributed by atoms with Crippen molar-refractivity contribution in [2.24, 2.45) is 0 Å². The first-order valence-electron chi connectivity index (χ1n) is 8.76. The van der Waals surface area contributed by atoms with Crippen molar-refractivity contribution in [1.82, 2.24) is 18.8 Å². The Hall–Kier alpha value is -1.48. The van der Waals surface area contributed by atoms with Crippen molar-refractivity contribution in [2.75, 3.05) is 39.8 Å². The van der Waals surface area contributed by atoms with Crippen molar-refractivity contribution >= 4 is 16.1 Å². The summed E-state index contributed by atoms with van der Waals surface area (Å²) < 4.78 is 28.7. The Bertz CT molecular complexity index is 689. The first kappa shape index (κ1) is 18.3. The Balaban J connectivity index is 1.72. The summed E-state index contributed by atoms with van der Waals surface area (Å²) in [5.41, 5.74) is 0.928. The van der Waals surface area contributed by atoms with Crippen molar-refractivity contribution in [3.8, 4) is 0 Å².